The van der Waals surface area contributed by atoms with Gasteiger partial charge >= 0.3 is 5.97 Å². The summed E-state index contributed by atoms with van der Waals surface area (Å²) in [6, 6.07) is 12.9. The van der Waals surface area contributed by atoms with E-state index < -0.39 is 5.97 Å². The van der Waals surface area contributed by atoms with Crippen molar-refractivity contribution in [3.63, 3.8) is 0 Å². The van der Waals surface area contributed by atoms with Crippen LogP contribution in [0.3, 0.4) is 0 Å². The zero-order valence-electron chi connectivity index (χ0n) is 13.0. The van der Waals surface area contributed by atoms with Gasteiger partial charge in [-0.2, -0.15) is 0 Å². The lowest BCUT2D eigenvalue weighted by molar-refractivity contribution is 0.0486. The average molecular weight is 297 g/mol. The Morgan fingerprint density at radius 2 is 1.95 bits per heavy atom. The third kappa shape index (κ3) is 4.00. The number of carbonyl (C=O) groups is 1. The highest BCUT2D eigenvalue weighted by molar-refractivity contribution is 5.86. The Morgan fingerprint density at radius 3 is 2.59 bits per heavy atom. The SMILES string of the molecule is CCOC(=O)c1ccc(C(C#Cc2ccccc2)N(C)C)o1. The highest BCUT2D eigenvalue weighted by Gasteiger charge is 2.19. The maximum atomic E-state index is 11.7. The van der Waals surface area contributed by atoms with Crippen LogP contribution in [0.4, 0.5) is 0 Å². The van der Waals surface area contributed by atoms with Crippen molar-refractivity contribution in [1.29, 1.82) is 0 Å². The molecule has 1 aromatic heterocycles. The van der Waals surface area contributed by atoms with E-state index in [1.807, 2.05) is 49.3 Å². The maximum Gasteiger partial charge on any atom is 0.374 e. The largest absolute Gasteiger partial charge is 0.460 e. The molecule has 4 nitrogen and oxygen atoms in total. The molecule has 4 heteroatoms. The van der Waals surface area contributed by atoms with Crippen molar-refractivity contribution in [2.45, 2.75) is 13.0 Å². The molecule has 1 heterocycles. The number of hydrogen-bond donors (Lipinski definition) is 0. The van der Waals surface area contributed by atoms with Gasteiger partial charge < -0.3 is 9.15 Å². The number of nitrogens with zero attached hydrogens (tertiary/aromatic N) is 1. The molecule has 2 aromatic rings. The Hall–Kier alpha value is -2.51. The summed E-state index contributed by atoms with van der Waals surface area (Å²) < 4.78 is 10.5. The third-order valence-corrected chi connectivity index (χ3v) is 3.02. The van der Waals surface area contributed by atoms with Crippen LogP contribution in [0, 0.1) is 11.8 Å². The summed E-state index contributed by atoms with van der Waals surface area (Å²) in [7, 11) is 3.83. The molecule has 0 aliphatic carbocycles. The molecule has 114 valence electrons. The van der Waals surface area contributed by atoms with E-state index in [0.717, 1.165) is 5.56 Å². The highest BCUT2D eigenvalue weighted by atomic mass is 16.5. The van der Waals surface area contributed by atoms with Crippen LogP contribution in [0.1, 0.15) is 34.8 Å². The second kappa shape index (κ2) is 7.48. The van der Waals surface area contributed by atoms with Gasteiger partial charge in [-0.3, -0.25) is 4.90 Å². The number of carbonyl (C=O) groups excluding carboxylic acids is 1. The van der Waals surface area contributed by atoms with Crippen molar-refractivity contribution >= 4 is 5.97 Å². The molecule has 0 radical (unpaired) electrons. The van der Waals surface area contributed by atoms with Crippen molar-refractivity contribution in [1.82, 2.24) is 4.90 Å². The summed E-state index contributed by atoms with van der Waals surface area (Å²) in [5.74, 6) is 6.65. The molecule has 22 heavy (non-hydrogen) atoms. The summed E-state index contributed by atoms with van der Waals surface area (Å²) in [6.45, 7) is 2.08. The van der Waals surface area contributed by atoms with Crippen LogP contribution >= 0.6 is 0 Å². The van der Waals surface area contributed by atoms with Gasteiger partial charge in [0.25, 0.3) is 0 Å². The minimum Gasteiger partial charge on any atom is -0.460 e. The topological polar surface area (TPSA) is 42.7 Å². The van der Waals surface area contributed by atoms with Gasteiger partial charge in [0.2, 0.25) is 5.76 Å². The number of hydrogen-bond acceptors (Lipinski definition) is 4. The van der Waals surface area contributed by atoms with Crippen LogP contribution in [-0.4, -0.2) is 31.6 Å². The maximum absolute atomic E-state index is 11.7. The molecule has 0 aliphatic rings. The van der Waals surface area contributed by atoms with Crippen LogP contribution in [0.2, 0.25) is 0 Å². The van der Waals surface area contributed by atoms with Gasteiger partial charge in [0.1, 0.15) is 11.8 Å². The van der Waals surface area contributed by atoms with Gasteiger partial charge in [-0.1, -0.05) is 30.0 Å². The molecule has 1 unspecified atom stereocenters. The molecule has 0 bridgehead atoms. The first kappa shape index (κ1) is 15.9. The van der Waals surface area contributed by atoms with Crippen LogP contribution < -0.4 is 0 Å². The molecule has 0 N–H and O–H groups in total. The molecule has 0 saturated heterocycles. The van der Waals surface area contributed by atoms with Gasteiger partial charge in [0.15, 0.2) is 0 Å². The van der Waals surface area contributed by atoms with Crippen LogP contribution in [-0.2, 0) is 4.74 Å². The normalized spacial score (nSPS) is 11.6. The number of benzene rings is 1. The molecule has 0 spiro atoms. The second-order valence-electron chi connectivity index (χ2n) is 4.92. The van der Waals surface area contributed by atoms with E-state index in [9.17, 15) is 4.79 Å². The summed E-state index contributed by atoms with van der Waals surface area (Å²) in [5, 5.41) is 0. The molecule has 0 aliphatic heterocycles. The zero-order valence-corrected chi connectivity index (χ0v) is 13.0. The molecule has 1 aromatic carbocycles. The lowest BCUT2D eigenvalue weighted by Crippen LogP contribution is -2.18. The van der Waals surface area contributed by atoms with Crippen LogP contribution in [0.5, 0.6) is 0 Å². The highest BCUT2D eigenvalue weighted by Crippen LogP contribution is 2.21. The summed E-state index contributed by atoms with van der Waals surface area (Å²) in [4.78, 5) is 13.6. The van der Waals surface area contributed by atoms with Crippen LogP contribution in [0.25, 0.3) is 0 Å². The van der Waals surface area contributed by atoms with E-state index in [4.69, 9.17) is 9.15 Å². The fraction of sp³-hybridized carbons (Fsp3) is 0.278. The van der Waals surface area contributed by atoms with Gasteiger partial charge in [0.05, 0.1) is 6.61 Å². The monoisotopic (exact) mass is 297 g/mol. The van der Waals surface area contributed by atoms with E-state index >= 15 is 0 Å². The minimum atomic E-state index is -0.456. The molecular weight excluding hydrogens is 278 g/mol. The quantitative estimate of drug-likeness (QED) is 0.642. The van der Waals surface area contributed by atoms with Gasteiger partial charge in [-0.25, -0.2) is 4.79 Å². The standard InChI is InChI=1S/C18H19NO3/c1-4-21-18(20)17-13-12-16(22-17)15(19(2)3)11-10-14-8-6-5-7-9-14/h5-9,12-13,15H,4H2,1-3H3. The predicted molar refractivity (Wildman–Crippen MR) is 84.4 cm³/mol. The van der Waals surface area contributed by atoms with Crippen molar-refractivity contribution in [3.8, 4) is 11.8 Å². The Labute approximate surface area is 130 Å². The molecule has 0 fully saturated rings. The average Bonchev–Trinajstić information content (AvgIpc) is 2.98. The van der Waals surface area contributed by atoms with Crippen LogP contribution in [0.15, 0.2) is 46.9 Å². The fourth-order valence-electron chi connectivity index (χ4n) is 1.94. The molecule has 1 atom stereocenters. The van der Waals surface area contributed by atoms with E-state index in [1.54, 1.807) is 19.1 Å². The zero-order chi connectivity index (χ0) is 15.9. The summed E-state index contributed by atoms with van der Waals surface area (Å²) >= 11 is 0. The first-order chi connectivity index (χ1) is 10.6. The Kier molecular flexibility index (Phi) is 5.40. The predicted octanol–water partition coefficient (Wildman–Crippen LogP) is 3.11. The van der Waals surface area contributed by atoms with Gasteiger partial charge in [0, 0.05) is 5.56 Å². The summed E-state index contributed by atoms with van der Waals surface area (Å²) in [6.07, 6.45) is 0. The Morgan fingerprint density at radius 1 is 1.23 bits per heavy atom. The Bertz CT molecular complexity index is 677. The minimum absolute atomic E-state index is 0.199. The van der Waals surface area contributed by atoms with Crippen molar-refractivity contribution in [3.05, 3.63) is 59.5 Å². The number of ether oxygens (including phenoxy) is 1. The first-order valence-electron chi connectivity index (χ1n) is 7.11. The molecule has 0 amide bonds. The summed E-state index contributed by atoms with van der Waals surface area (Å²) in [5.41, 5.74) is 0.937. The van der Waals surface area contributed by atoms with Crippen molar-refractivity contribution in [2.75, 3.05) is 20.7 Å². The van der Waals surface area contributed by atoms with E-state index in [-0.39, 0.29) is 11.8 Å². The first-order valence-corrected chi connectivity index (χ1v) is 7.11. The van der Waals surface area contributed by atoms with E-state index in [0.29, 0.717) is 12.4 Å². The van der Waals surface area contributed by atoms with E-state index in [1.165, 1.54) is 0 Å². The molecular formula is C18H19NO3. The van der Waals surface area contributed by atoms with Crippen molar-refractivity contribution < 1.29 is 13.9 Å². The van der Waals surface area contributed by atoms with Gasteiger partial charge in [-0.05, 0) is 45.3 Å². The van der Waals surface area contributed by atoms with Gasteiger partial charge in [-0.15, -0.1) is 0 Å². The Balaban J connectivity index is 2.22. The lowest BCUT2D eigenvalue weighted by Gasteiger charge is -2.16. The van der Waals surface area contributed by atoms with Crippen molar-refractivity contribution in [2.24, 2.45) is 0 Å². The number of furan rings is 1. The molecule has 0 saturated carbocycles. The number of esters is 1. The lowest BCUT2D eigenvalue weighted by atomic mass is 10.1. The molecule has 2 rings (SSSR count). The fourth-order valence-corrected chi connectivity index (χ4v) is 1.94. The van der Waals surface area contributed by atoms with E-state index in [2.05, 4.69) is 11.8 Å². The number of rotatable bonds is 4. The third-order valence-electron chi connectivity index (χ3n) is 3.02. The second-order valence-corrected chi connectivity index (χ2v) is 4.92. The smallest absolute Gasteiger partial charge is 0.374 e.